The highest BCUT2D eigenvalue weighted by atomic mass is 35.5. The van der Waals surface area contributed by atoms with Gasteiger partial charge in [0.25, 0.3) is 0 Å². The molecule has 1 fully saturated rings. The number of sulfonamides is 2. The summed E-state index contributed by atoms with van der Waals surface area (Å²) in [5.41, 5.74) is 0.986. The maximum atomic E-state index is 13.3. The van der Waals surface area contributed by atoms with Crippen molar-refractivity contribution in [3.05, 3.63) is 82.9 Å². The van der Waals surface area contributed by atoms with Gasteiger partial charge < -0.3 is 20.1 Å². The van der Waals surface area contributed by atoms with E-state index in [1.54, 1.807) is 61.5 Å². The minimum atomic E-state index is -4.29. The van der Waals surface area contributed by atoms with Crippen molar-refractivity contribution in [2.75, 3.05) is 17.6 Å². The third-order valence-corrected chi connectivity index (χ3v) is 11.4. The van der Waals surface area contributed by atoms with Gasteiger partial charge in [-0.15, -0.1) is 0 Å². The van der Waals surface area contributed by atoms with E-state index in [1.165, 1.54) is 4.90 Å². The molecule has 1 saturated heterocycles. The predicted octanol–water partition coefficient (Wildman–Crippen LogP) is 3.03. The van der Waals surface area contributed by atoms with Crippen LogP contribution in [0, 0.1) is 5.92 Å². The fourth-order valence-corrected chi connectivity index (χ4v) is 8.51. The van der Waals surface area contributed by atoms with Crippen LogP contribution in [0.2, 0.25) is 5.02 Å². The number of hydrogen-bond donors (Lipinski definition) is 4. The summed E-state index contributed by atoms with van der Waals surface area (Å²) in [6.07, 6.45) is -1.66. The van der Waals surface area contributed by atoms with Crippen molar-refractivity contribution in [2.45, 2.75) is 41.4 Å². The summed E-state index contributed by atoms with van der Waals surface area (Å²) in [7, 11) is -8.49. The molecule has 1 amide bonds. The van der Waals surface area contributed by atoms with Crippen LogP contribution < -0.4 is 19.9 Å². The van der Waals surface area contributed by atoms with Crippen LogP contribution in [0.15, 0.2) is 76.5 Å². The van der Waals surface area contributed by atoms with Crippen LogP contribution in [0.1, 0.15) is 35.4 Å². The van der Waals surface area contributed by atoms with Crippen molar-refractivity contribution in [3.8, 4) is 5.75 Å². The van der Waals surface area contributed by atoms with Crippen LogP contribution in [0.4, 0.5) is 5.69 Å². The summed E-state index contributed by atoms with van der Waals surface area (Å²) >= 11 is 7.07. The molecule has 0 saturated carbocycles. The number of halogens is 1. The highest BCUT2D eigenvalue weighted by Crippen LogP contribution is 2.37. The van der Waals surface area contributed by atoms with Gasteiger partial charge in [0.15, 0.2) is 0 Å². The zero-order chi connectivity index (χ0) is 33.4. The molecule has 0 radical (unpaired) electrons. The molecule has 0 aliphatic carbocycles. The largest absolute Gasteiger partial charge is 0.488 e. The number of carbonyl (C=O) groups is 3. The molecule has 5 N–H and O–H groups in total. The molecule has 4 atom stereocenters. The van der Waals surface area contributed by atoms with Gasteiger partial charge in [-0.1, -0.05) is 72.8 Å². The van der Waals surface area contributed by atoms with Crippen LogP contribution >= 0.6 is 23.4 Å². The first-order valence-electron chi connectivity index (χ1n) is 13.8. The van der Waals surface area contributed by atoms with Crippen molar-refractivity contribution in [1.82, 2.24) is 9.62 Å². The fourth-order valence-electron chi connectivity index (χ4n) is 5.18. The third-order valence-electron chi connectivity index (χ3n) is 7.42. The number of carboxylic acids is 1. The Morgan fingerprint density at radius 2 is 1.85 bits per heavy atom. The van der Waals surface area contributed by atoms with Crippen molar-refractivity contribution in [2.24, 2.45) is 11.1 Å². The summed E-state index contributed by atoms with van der Waals surface area (Å²) in [6.45, 7) is 1.64. The van der Waals surface area contributed by atoms with Crippen molar-refractivity contribution < 1.29 is 41.1 Å². The molecule has 2 aliphatic heterocycles. The highest BCUT2D eigenvalue weighted by molar-refractivity contribution is 8.14. The van der Waals surface area contributed by atoms with Gasteiger partial charge in [0.05, 0.1) is 17.3 Å². The fraction of sp³-hybridized carbons (Fsp3) is 0.276. The average Bonchev–Trinajstić information content (AvgIpc) is 3.42. The molecule has 17 heteroatoms. The summed E-state index contributed by atoms with van der Waals surface area (Å²) in [5, 5.41) is 17.5. The Balaban J connectivity index is 1.27. The van der Waals surface area contributed by atoms with Gasteiger partial charge >= 0.3 is 5.97 Å². The zero-order valence-corrected chi connectivity index (χ0v) is 27.3. The molecule has 3 aromatic rings. The van der Waals surface area contributed by atoms with Gasteiger partial charge in [0.2, 0.25) is 31.1 Å². The normalized spacial score (nSPS) is 21.1. The van der Waals surface area contributed by atoms with E-state index >= 15 is 0 Å². The van der Waals surface area contributed by atoms with Crippen LogP contribution in [0.25, 0.3) is 0 Å². The minimum absolute atomic E-state index is 0.00572. The van der Waals surface area contributed by atoms with Crippen LogP contribution in [-0.2, 0) is 29.6 Å². The topological polar surface area (TPSA) is 202 Å². The van der Waals surface area contributed by atoms with E-state index in [9.17, 15) is 36.3 Å². The number of benzene rings is 3. The van der Waals surface area contributed by atoms with Gasteiger partial charge in [-0.25, -0.2) is 26.8 Å². The number of ether oxygens (including phenoxy) is 1. The lowest BCUT2D eigenvalue weighted by molar-refractivity contribution is -0.149. The van der Waals surface area contributed by atoms with E-state index in [0.29, 0.717) is 16.9 Å². The Morgan fingerprint density at radius 1 is 1.13 bits per heavy atom. The van der Waals surface area contributed by atoms with E-state index in [4.69, 9.17) is 21.5 Å². The number of rotatable bonds is 9. The van der Waals surface area contributed by atoms with Gasteiger partial charge in [-0.3, -0.25) is 9.59 Å². The number of fused-ring (bicyclic) bond motifs is 1. The third kappa shape index (κ3) is 7.32. The predicted molar refractivity (Wildman–Crippen MR) is 171 cm³/mol. The highest BCUT2D eigenvalue weighted by Gasteiger charge is 2.42. The number of likely N-dealkylation sites (tertiary alicyclic amines) is 1. The molecule has 0 bridgehead atoms. The quantitative estimate of drug-likeness (QED) is 0.255. The molecule has 0 aromatic heterocycles. The van der Waals surface area contributed by atoms with Gasteiger partial charge in [0, 0.05) is 23.7 Å². The number of carbonyl (C=O) groups excluding carboxylic acids is 2. The first-order valence-corrected chi connectivity index (χ1v) is 18.2. The first kappa shape index (κ1) is 33.7. The number of hydrogen-bond acceptors (Lipinski definition) is 10. The minimum Gasteiger partial charge on any atom is -0.488 e. The molecule has 46 heavy (non-hydrogen) atoms. The summed E-state index contributed by atoms with van der Waals surface area (Å²) in [6, 6.07) is 16.0. The van der Waals surface area contributed by atoms with E-state index in [1.807, 2.05) is 0 Å². The second-order valence-corrected chi connectivity index (χ2v) is 15.4. The Morgan fingerprint density at radius 3 is 2.52 bits per heavy atom. The Hall–Kier alpha value is -3.67. The molecule has 5 rings (SSSR count). The van der Waals surface area contributed by atoms with Gasteiger partial charge in [-0.2, -0.15) is 4.72 Å². The summed E-state index contributed by atoms with van der Waals surface area (Å²) < 4.78 is 58.3. The Bertz CT molecular complexity index is 1910. The van der Waals surface area contributed by atoms with Crippen molar-refractivity contribution >= 4 is 66.1 Å². The second kappa shape index (κ2) is 13.2. The number of aliphatic carboxylic acids is 1. The maximum absolute atomic E-state index is 13.3. The molecule has 3 unspecified atom stereocenters. The lowest BCUT2D eigenvalue weighted by Gasteiger charge is -2.29. The van der Waals surface area contributed by atoms with Crippen LogP contribution in [0.3, 0.4) is 0 Å². The summed E-state index contributed by atoms with van der Waals surface area (Å²) in [5.74, 6) is -1.76. The smallest absolute Gasteiger partial charge is 0.326 e. The number of primary sulfonamides is 1. The number of nitrogens with one attached hydrogen (secondary N) is 2. The number of anilines is 1. The number of thioether (sulfide) groups is 1. The molecule has 244 valence electrons. The lowest BCUT2D eigenvalue weighted by atomic mass is 10.1. The SMILES string of the molecule is CC(CSC(=O)c1ccccc1)C(=O)N1CC(Oc2cccc(C3Nc4cc(Cl)c(S(N)(=O)=O)cc4S(=O)(=O)N3)c2)C[C@H]1C(=O)O. The van der Waals surface area contributed by atoms with Crippen LogP contribution in [0.5, 0.6) is 5.75 Å². The standard InChI is InChI=1S/C29H29ClN4O9S3/c1-16(15-44-29(38)17-6-3-2-4-7-17)27(35)34-14-20(11-23(34)28(36)37)43-19-9-5-8-18(10-19)26-32-22-12-21(30)24(45(31,39)40)13-25(22)46(41,42)33-26/h2-10,12-13,16,20,23,26,32-33H,11,14-15H2,1H3,(H,36,37)(H2,31,39,40)/t16?,20?,23-,26?/m0/s1. The first-order chi connectivity index (χ1) is 21.6. The number of nitrogens with zero attached hydrogens (tertiary/aromatic N) is 1. The van der Waals surface area contributed by atoms with E-state index < -0.39 is 61.0 Å². The maximum Gasteiger partial charge on any atom is 0.326 e. The van der Waals surface area contributed by atoms with Gasteiger partial charge in [-0.05, 0) is 29.8 Å². The molecule has 2 heterocycles. The van der Waals surface area contributed by atoms with E-state index in [2.05, 4.69) is 10.0 Å². The Kier molecular flexibility index (Phi) is 9.68. The molecular formula is C29H29ClN4O9S3. The van der Waals surface area contributed by atoms with Crippen molar-refractivity contribution in [3.63, 3.8) is 0 Å². The van der Waals surface area contributed by atoms with E-state index in [0.717, 1.165) is 23.9 Å². The summed E-state index contributed by atoms with van der Waals surface area (Å²) in [4.78, 5) is 38.2. The number of amides is 1. The Labute approximate surface area is 274 Å². The number of nitrogens with two attached hydrogens (primary N) is 1. The molecule has 0 spiro atoms. The zero-order valence-electron chi connectivity index (χ0n) is 24.1. The average molecular weight is 709 g/mol. The lowest BCUT2D eigenvalue weighted by Crippen LogP contribution is -2.43. The monoisotopic (exact) mass is 708 g/mol. The number of carboxylic acid groups (broad SMARTS) is 1. The van der Waals surface area contributed by atoms with Crippen LogP contribution in [-0.4, -0.2) is 68.3 Å². The molecule has 2 aliphatic rings. The molecule has 13 nitrogen and oxygen atoms in total. The van der Waals surface area contributed by atoms with Crippen molar-refractivity contribution in [1.29, 1.82) is 0 Å². The van der Waals surface area contributed by atoms with Gasteiger partial charge in [0.1, 0.15) is 33.9 Å². The molecular weight excluding hydrogens is 680 g/mol. The van der Waals surface area contributed by atoms with E-state index in [-0.39, 0.29) is 39.4 Å². The second-order valence-electron chi connectivity index (χ2n) is 10.8. The molecule has 3 aromatic carbocycles.